The molecule has 0 bridgehead atoms. The second-order valence-electron chi connectivity index (χ2n) is 9.54. The van der Waals surface area contributed by atoms with Crippen LogP contribution in [0.1, 0.15) is 39.2 Å². The minimum atomic E-state index is -2.07. The summed E-state index contributed by atoms with van der Waals surface area (Å²) < 4.78 is 26.7. The zero-order valence-corrected chi connectivity index (χ0v) is 21.6. The Kier molecular flexibility index (Phi) is 6.86. The monoisotopic (exact) mass is 485 g/mol. The molecule has 3 heterocycles. The van der Waals surface area contributed by atoms with Crippen LogP contribution in [0, 0.1) is 12.8 Å². The van der Waals surface area contributed by atoms with E-state index in [0.29, 0.717) is 4.91 Å². The van der Waals surface area contributed by atoms with Crippen LogP contribution < -0.4 is 5.82 Å². The molecule has 11 heteroatoms. The number of rotatable bonds is 8. The Balaban J connectivity index is 1.74. The minimum Gasteiger partial charge on any atom is -0.453 e. The van der Waals surface area contributed by atoms with Crippen LogP contribution in [-0.2, 0) is 30.1 Å². The van der Waals surface area contributed by atoms with Gasteiger partial charge in [-0.25, -0.2) is 9.59 Å². The van der Waals surface area contributed by atoms with Crippen molar-refractivity contribution in [3.63, 3.8) is 0 Å². The molecule has 1 saturated heterocycles. The molecule has 0 N–H and O–H groups in total. The highest BCUT2D eigenvalue weighted by Crippen LogP contribution is 2.52. The molecule has 3 rings (SSSR count). The third kappa shape index (κ3) is 4.48. The molecule has 0 aromatic carbocycles. The summed E-state index contributed by atoms with van der Waals surface area (Å²) in [6.45, 7) is 14.1. The van der Waals surface area contributed by atoms with Crippen LogP contribution in [0.4, 0.5) is 0 Å². The third-order valence-corrected chi connectivity index (χ3v) is 12.2. The van der Waals surface area contributed by atoms with Crippen LogP contribution in [0.15, 0.2) is 24.2 Å². The third-order valence-electron chi connectivity index (χ3n) is 6.28. The molecule has 1 aromatic heterocycles. The molecule has 0 saturated carbocycles. The lowest BCUT2D eigenvalue weighted by atomic mass is 9.92. The first kappa shape index (κ1) is 24.8. The van der Waals surface area contributed by atoms with Gasteiger partial charge in [-0.3, -0.25) is 9.69 Å². The van der Waals surface area contributed by atoms with Crippen molar-refractivity contribution in [3.8, 4) is 0 Å². The topological polar surface area (TPSA) is 108 Å². The lowest BCUT2D eigenvalue weighted by Gasteiger charge is -2.48. The van der Waals surface area contributed by atoms with Crippen LogP contribution in [0.3, 0.4) is 0 Å². The molecule has 0 spiro atoms. The van der Waals surface area contributed by atoms with Gasteiger partial charge in [-0.1, -0.05) is 32.5 Å². The molecule has 9 nitrogen and oxygen atoms in total. The molecule has 1 amide bonds. The first-order valence-electron chi connectivity index (χ1n) is 10.4. The lowest BCUT2D eigenvalue weighted by Crippen LogP contribution is -2.62. The normalized spacial score (nSPS) is 22.1. The molecular weight excluding hydrogens is 454 g/mol. The number of carbonyl (C=O) groups excluding carboxylic acids is 2. The summed E-state index contributed by atoms with van der Waals surface area (Å²) in [7, 11) is -0.540. The Morgan fingerprint density at radius 1 is 1.22 bits per heavy atom. The maximum absolute atomic E-state index is 13.1. The van der Waals surface area contributed by atoms with E-state index >= 15 is 0 Å². The largest absolute Gasteiger partial charge is 0.519 e. The Morgan fingerprint density at radius 3 is 2.41 bits per heavy atom. The van der Waals surface area contributed by atoms with Crippen molar-refractivity contribution in [2.45, 2.75) is 70.8 Å². The molecule has 2 aliphatic rings. The van der Waals surface area contributed by atoms with Gasteiger partial charge in [0, 0.05) is 12.0 Å². The average Bonchev–Trinajstić information content (AvgIpc) is 3.15. The van der Waals surface area contributed by atoms with Crippen molar-refractivity contribution in [2.75, 3.05) is 13.7 Å². The Labute approximate surface area is 192 Å². The first-order chi connectivity index (χ1) is 14.8. The van der Waals surface area contributed by atoms with Crippen molar-refractivity contribution >= 4 is 32.0 Å². The number of amides is 1. The summed E-state index contributed by atoms with van der Waals surface area (Å²) in [5.41, 5.74) is 0.172. The molecule has 1 fully saturated rings. The highest BCUT2D eigenvalue weighted by atomic mass is 32.2. The molecule has 0 aliphatic carbocycles. The van der Waals surface area contributed by atoms with Gasteiger partial charge in [0.05, 0.1) is 18.6 Å². The van der Waals surface area contributed by atoms with Crippen LogP contribution >= 0.6 is 11.8 Å². The van der Waals surface area contributed by atoms with E-state index in [1.54, 1.807) is 6.92 Å². The number of nitrogens with zero attached hydrogens (tertiary/aromatic N) is 1. The molecule has 2 aliphatic heterocycles. The van der Waals surface area contributed by atoms with E-state index in [4.69, 9.17) is 22.7 Å². The molecule has 0 radical (unpaired) electrons. The Morgan fingerprint density at radius 2 is 1.88 bits per heavy atom. The number of thioether (sulfide) groups is 1. The predicted octanol–water partition coefficient (Wildman–Crippen LogP) is 3.38. The van der Waals surface area contributed by atoms with Gasteiger partial charge < -0.3 is 22.7 Å². The highest BCUT2D eigenvalue weighted by molar-refractivity contribution is 8.04. The summed E-state index contributed by atoms with van der Waals surface area (Å²) >= 11 is 1.43. The van der Waals surface area contributed by atoms with Crippen molar-refractivity contribution in [2.24, 2.45) is 5.92 Å². The number of hydrogen-bond acceptors (Lipinski definition) is 9. The molecule has 32 heavy (non-hydrogen) atoms. The number of β-lactam (4-membered cyclic amide) rings is 1. The zero-order chi connectivity index (χ0) is 24.0. The van der Waals surface area contributed by atoms with Gasteiger partial charge in [-0.2, -0.15) is 0 Å². The number of ether oxygens (including phenoxy) is 2. The van der Waals surface area contributed by atoms with Gasteiger partial charge in [-0.05, 0) is 32.0 Å². The lowest BCUT2D eigenvalue weighted by molar-refractivity contribution is -0.158. The van der Waals surface area contributed by atoms with Crippen LogP contribution in [0.25, 0.3) is 0 Å². The van der Waals surface area contributed by atoms with Gasteiger partial charge in [-0.15, -0.1) is 0 Å². The average molecular weight is 486 g/mol. The van der Waals surface area contributed by atoms with E-state index in [1.807, 2.05) is 6.92 Å². The smallest absolute Gasteiger partial charge is 0.453 e. The summed E-state index contributed by atoms with van der Waals surface area (Å²) in [5, 5.41) is -0.228. The van der Waals surface area contributed by atoms with E-state index in [0.717, 1.165) is 0 Å². The van der Waals surface area contributed by atoms with Crippen LogP contribution in [0.2, 0.25) is 18.1 Å². The number of carbonyl (C=O) groups is 2. The molecule has 0 unspecified atom stereocenters. The van der Waals surface area contributed by atoms with E-state index < -0.39 is 20.1 Å². The summed E-state index contributed by atoms with van der Waals surface area (Å²) in [6.07, 6.45) is -0.279. The number of fused-ring (bicyclic) bond motifs is 1. The van der Waals surface area contributed by atoms with E-state index in [2.05, 4.69) is 33.9 Å². The molecule has 3 atom stereocenters. The second-order valence-corrected chi connectivity index (χ2v) is 15.5. The summed E-state index contributed by atoms with van der Waals surface area (Å²) in [5.74, 6) is -1.70. The van der Waals surface area contributed by atoms with E-state index in [1.165, 1.54) is 23.8 Å². The second kappa shape index (κ2) is 8.84. The maximum Gasteiger partial charge on any atom is 0.519 e. The van der Waals surface area contributed by atoms with E-state index in [-0.39, 0.29) is 58.8 Å². The fourth-order valence-corrected chi connectivity index (χ4v) is 6.48. The van der Waals surface area contributed by atoms with Crippen LogP contribution in [0.5, 0.6) is 0 Å². The minimum absolute atomic E-state index is 0.0191. The maximum atomic E-state index is 13.1. The van der Waals surface area contributed by atoms with Crippen molar-refractivity contribution < 1.29 is 32.3 Å². The van der Waals surface area contributed by atoms with Gasteiger partial charge in [0.15, 0.2) is 26.4 Å². The van der Waals surface area contributed by atoms with Gasteiger partial charge >= 0.3 is 11.8 Å². The fourth-order valence-electron chi connectivity index (χ4n) is 3.48. The standard InChI is InChI=1S/C21H31NO8SSi/c1-11-13(29-20(25)28-11)9-27-19(24)16-14(10-26-6)31-18-15(17(23)22(16)18)12(2)30-32(7,8)21(3,4)5/h12,15,18H,9-10H2,1-8H3/t12-,15+,18-/m1/s1. The number of methoxy groups -OCH3 is 1. The first-order valence-corrected chi connectivity index (χ1v) is 14.2. The molecule has 1 aromatic rings. The predicted molar refractivity (Wildman–Crippen MR) is 120 cm³/mol. The van der Waals surface area contributed by atoms with Crippen molar-refractivity contribution in [1.82, 2.24) is 4.90 Å². The summed E-state index contributed by atoms with van der Waals surface area (Å²) in [4.78, 5) is 39.3. The number of aryl methyl sites for hydroxylation is 1. The quantitative estimate of drug-likeness (QED) is 0.311. The molecular formula is C21H31NO8SSi. The van der Waals surface area contributed by atoms with Crippen molar-refractivity contribution in [1.29, 1.82) is 0 Å². The van der Waals surface area contributed by atoms with Gasteiger partial charge in [0.2, 0.25) is 5.91 Å². The Hall–Kier alpha value is -1.82. The van der Waals surface area contributed by atoms with Crippen LogP contribution in [-0.4, -0.2) is 50.3 Å². The number of hydrogen-bond donors (Lipinski definition) is 0. The summed E-state index contributed by atoms with van der Waals surface area (Å²) in [6, 6.07) is 0. The molecule has 178 valence electrons. The SMILES string of the molecule is COCC1=C(C(=O)OCc2oc(=O)oc2C)N2C(=O)[C@H]([C@@H](C)O[Si](C)(C)C(C)(C)C)[C@H]2S1. The number of esters is 1. The zero-order valence-electron chi connectivity index (χ0n) is 19.8. The van der Waals surface area contributed by atoms with Crippen molar-refractivity contribution in [3.05, 3.63) is 32.7 Å². The van der Waals surface area contributed by atoms with Gasteiger partial charge in [0.25, 0.3) is 0 Å². The van der Waals surface area contributed by atoms with E-state index in [9.17, 15) is 14.4 Å². The Bertz CT molecular complexity index is 989. The highest BCUT2D eigenvalue weighted by Gasteiger charge is 2.59. The fraction of sp³-hybridized carbons (Fsp3) is 0.667. The van der Waals surface area contributed by atoms with Gasteiger partial charge in [0.1, 0.15) is 11.1 Å².